The van der Waals surface area contributed by atoms with E-state index in [9.17, 15) is 4.79 Å². The number of carbonyl (C=O) groups is 1. The zero-order valence-corrected chi connectivity index (χ0v) is 13.6. The number of hydrogen-bond donors (Lipinski definition) is 2. The summed E-state index contributed by atoms with van der Waals surface area (Å²) in [6, 6.07) is 21.0. The number of amides is 1. The second kappa shape index (κ2) is 6.65. The van der Waals surface area contributed by atoms with Crippen molar-refractivity contribution < 1.29 is 4.79 Å². The van der Waals surface area contributed by atoms with Gasteiger partial charge < -0.3 is 14.9 Å². The van der Waals surface area contributed by atoms with Crippen molar-refractivity contribution in [3.8, 4) is 0 Å². The Balaban J connectivity index is 1.54. The molecule has 2 heterocycles. The molecule has 2 aromatic carbocycles. The highest BCUT2D eigenvalue weighted by atomic mass is 16.2. The largest absolute Gasteiger partial charge is 0.347 e. The van der Waals surface area contributed by atoms with Crippen LogP contribution in [0.4, 0.5) is 0 Å². The molecule has 0 aliphatic rings. The third-order valence-corrected chi connectivity index (χ3v) is 4.16. The van der Waals surface area contributed by atoms with Gasteiger partial charge in [-0.3, -0.25) is 4.79 Å². The number of para-hydroxylation sites is 2. The number of imidazole rings is 1. The molecule has 0 aliphatic carbocycles. The average molecular weight is 330 g/mol. The Hall–Kier alpha value is -3.34. The van der Waals surface area contributed by atoms with Crippen LogP contribution in [0.15, 0.2) is 79.1 Å². The molecular formula is C20H18N4O. The SMILES string of the molecule is O=C(NCc1nc2ccccc2[nH]1)[C@H](c1ccccc1)n1cccc1. The molecule has 5 nitrogen and oxygen atoms in total. The first kappa shape index (κ1) is 15.2. The van der Waals surface area contributed by atoms with Gasteiger partial charge in [0.2, 0.25) is 5.91 Å². The van der Waals surface area contributed by atoms with Crippen molar-refractivity contribution in [3.63, 3.8) is 0 Å². The minimum Gasteiger partial charge on any atom is -0.347 e. The summed E-state index contributed by atoms with van der Waals surface area (Å²) < 4.78 is 1.91. The minimum absolute atomic E-state index is 0.0668. The Morgan fingerprint density at radius 1 is 1.00 bits per heavy atom. The number of rotatable bonds is 5. The highest BCUT2D eigenvalue weighted by Crippen LogP contribution is 2.19. The van der Waals surface area contributed by atoms with Crippen LogP contribution in [0.5, 0.6) is 0 Å². The van der Waals surface area contributed by atoms with E-state index in [-0.39, 0.29) is 5.91 Å². The molecule has 0 radical (unpaired) electrons. The molecule has 0 spiro atoms. The lowest BCUT2D eigenvalue weighted by Crippen LogP contribution is -2.32. The third kappa shape index (κ3) is 3.17. The van der Waals surface area contributed by atoms with Gasteiger partial charge in [0.05, 0.1) is 17.6 Å². The molecule has 0 aliphatic heterocycles. The summed E-state index contributed by atoms with van der Waals surface area (Å²) in [5.74, 6) is 0.678. The highest BCUT2D eigenvalue weighted by molar-refractivity contribution is 5.83. The molecule has 25 heavy (non-hydrogen) atoms. The van der Waals surface area contributed by atoms with E-state index in [0.717, 1.165) is 22.4 Å². The molecule has 4 aromatic rings. The summed E-state index contributed by atoms with van der Waals surface area (Å²) >= 11 is 0. The van der Waals surface area contributed by atoms with Crippen LogP contribution in [-0.4, -0.2) is 20.4 Å². The summed E-state index contributed by atoms with van der Waals surface area (Å²) in [5.41, 5.74) is 2.81. The fourth-order valence-corrected chi connectivity index (χ4v) is 2.97. The smallest absolute Gasteiger partial charge is 0.248 e. The second-order valence-electron chi connectivity index (χ2n) is 5.86. The van der Waals surface area contributed by atoms with Gasteiger partial charge in [0, 0.05) is 12.4 Å². The quantitative estimate of drug-likeness (QED) is 0.590. The van der Waals surface area contributed by atoms with Crippen molar-refractivity contribution in [1.29, 1.82) is 0 Å². The van der Waals surface area contributed by atoms with Crippen LogP contribution in [-0.2, 0) is 11.3 Å². The summed E-state index contributed by atoms with van der Waals surface area (Å²) in [7, 11) is 0. The summed E-state index contributed by atoms with van der Waals surface area (Å²) in [5, 5.41) is 2.99. The lowest BCUT2D eigenvalue weighted by Gasteiger charge is -2.18. The van der Waals surface area contributed by atoms with Crippen LogP contribution < -0.4 is 5.32 Å². The van der Waals surface area contributed by atoms with E-state index in [1.54, 1.807) is 0 Å². The van der Waals surface area contributed by atoms with E-state index in [2.05, 4.69) is 15.3 Å². The first-order valence-corrected chi connectivity index (χ1v) is 8.20. The lowest BCUT2D eigenvalue weighted by atomic mass is 10.1. The topological polar surface area (TPSA) is 62.7 Å². The zero-order chi connectivity index (χ0) is 17.1. The van der Waals surface area contributed by atoms with E-state index in [1.807, 2.05) is 83.7 Å². The molecular weight excluding hydrogens is 312 g/mol. The third-order valence-electron chi connectivity index (χ3n) is 4.16. The van der Waals surface area contributed by atoms with Gasteiger partial charge in [-0.2, -0.15) is 0 Å². The van der Waals surface area contributed by atoms with Gasteiger partial charge >= 0.3 is 0 Å². The van der Waals surface area contributed by atoms with Gasteiger partial charge in [-0.15, -0.1) is 0 Å². The number of nitrogens with zero attached hydrogens (tertiary/aromatic N) is 2. The molecule has 2 N–H and O–H groups in total. The number of aromatic nitrogens is 3. The van der Waals surface area contributed by atoms with E-state index < -0.39 is 6.04 Å². The molecule has 4 rings (SSSR count). The molecule has 0 fully saturated rings. The molecule has 0 saturated carbocycles. The minimum atomic E-state index is -0.402. The maximum atomic E-state index is 12.9. The zero-order valence-electron chi connectivity index (χ0n) is 13.6. The van der Waals surface area contributed by atoms with Crippen molar-refractivity contribution in [1.82, 2.24) is 19.9 Å². The standard InChI is InChI=1S/C20H18N4O/c25-20(21-14-18-22-16-10-4-5-11-17(16)23-18)19(24-12-6-7-13-24)15-8-2-1-3-9-15/h1-13,19H,14H2,(H,21,25)(H,22,23)/t19-/m0/s1. The van der Waals surface area contributed by atoms with Gasteiger partial charge in [0.25, 0.3) is 0 Å². The highest BCUT2D eigenvalue weighted by Gasteiger charge is 2.21. The number of aromatic amines is 1. The molecule has 0 bridgehead atoms. The van der Waals surface area contributed by atoms with E-state index in [4.69, 9.17) is 0 Å². The van der Waals surface area contributed by atoms with Gasteiger partial charge in [-0.1, -0.05) is 42.5 Å². The second-order valence-corrected chi connectivity index (χ2v) is 5.86. The van der Waals surface area contributed by atoms with Crippen LogP contribution in [0.2, 0.25) is 0 Å². The number of nitrogens with one attached hydrogen (secondary N) is 2. The summed E-state index contributed by atoms with van der Waals surface area (Å²) in [6.07, 6.45) is 3.80. The van der Waals surface area contributed by atoms with Crippen molar-refractivity contribution in [2.24, 2.45) is 0 Å². The number of fused-ring (bicyclic) bond motifs is 1. The lowest BCUT2D eigenvalue weighted by molar-refractivity contribution is -0.123. The summed E-state index contributed by atoms with van der Waals surface area (Å²) in [6.45, 7) is 0.359. The van der Waals surface area contributed by atoms with Gasteiger partial charge in [0.15, 0.2) is 0 Å². The molecule has 124 valence electrons. The van der Waals surface area contributed by atoms with E-state index >= 15 is 0 Å². The van der Waals surface area contributed by atoms with Crippen molar-refractivity contribution >= 4 is 16.9 Å². The Labute approximate surface area is 145 Å². The number of carbonyl (C=O) groups excluding carboxylic acids is 1. The predicted molar refractivity (Wildman–Crippen MR) is 97.0 cm³/mol. The molecule has 1 amide bonds. The van der Waals surface area contributed by atoms with Gasteiger partial charge in [0.1, 0.15) is 11.9 Å². The van der Waals surface area contributed by atoms with Crippen LogP contribution in [0.1, 0.15) is 17.4 Å². The molecule has 0 unspecified atom stereocenters. The molecule has 5 heteroatoms. The first-order chi connectivity index (χ1) is 12.3. The van der Waals surface area contributed by atoms with Crippen LogP contribution in [0.25, 0.3) is 11.0 Å². The average Bonchev–Trinajstić information content (AvgIpc) is 3.30. The Morgan fingerprint density at radius 3 is 2.48 bits per heavy atom. The normalized spacial score (nSPS) is 12.2. The maximum absolute atomic E-state index is 12.9. The molecule has 2 aromatic heterocycles. The number of benzene rings is 2. The van der Waals surface area contributed by atoms with Gasteiger partial charge in [-0.25, -0.2) is 4.98 Å². The van der Waals surface area contributed by atoms with Gasteiger partial charge in [-0.05, 0) is 29.8 Å². The van der Waals surface area contributed by atoms with Crippen molar-refractivity contribution in [2.75, 3.05) is 0 Å². The van der Waals surface area contributed by atoms with E-state index in [1.165, 1.54) is 0 Å². The first-order valence-electron chi connectivity index (χ1n) is 8.20. The number of hydrogen-bond acceptors (Lipinski definition) is 2. The molecule has 1 atom stereocenters. The van der Waals surface area contributed by atoms with Crippen LogP contribution in [0.3, 0.4) is 0 Å². The van der Waals surface area contributed by atoms with Crippen LogP contribution >= 0.6 is 0 Å². The Morgan fingerprint density at radius 2 is 1.72 bits per heavy atom. The maximum Gasteiger partial charge on any atom is 0.248 e. The number of H-pyrrole nitrogens is 1. The van der Waals surface area contributed by atoms with Crippen molar-refractivity contribution in [3.05, 3.63) is 90.5 Å². The van der Waals surface area contributed by atoms with Crippen molar-refractivity contribution in [2.45, 2.75) is 12.6 Å². The Bertz CT molecular complexity index is 940. The van der Waals surface area contributed by atoms with E-state index in [0.29, 0.717) is 6.54 Å². The molecule has 0 saturated heterocycles. The van der Waals surface area contributed by atoms with Crippen LogP contribution in [0, 0.1) is 0 Å². The fourth-order valence-electron chi connectivity index (χ4n) is 2.97. The fraction of sp³-hybridized carbons (Fsp3) is 0.100. The monoisotopic (exact) mass is 330 g/mol. The Kier molecular flexibility index (Phi) is 4.04. The summed E-state index contributed by atoms with van der Waals surface area (Å²) in [4.78, 5) is 20.6. The predicted octanol–water partition coefficient (Wildman–Crippen LogP) is 3.27.